The molecule has 2 heterocycles. The normalized spacial score (nSPS) is 11.2. The van der Waals surface area contributed by atoms with E-state index < -0.39 is 0 Å². The first-order chi connectivity index (χ1) is 16.1. The third-order valence-corrected chi connectivity index (χ3v) is 6.53. The van der Waals surface area contributed by atoms with Gasteiger partial charge in [-0.25, -0.2) is 9.97 Å². The quantitative estimate of drug-likeness (QED) is 0.233. The summed E-state index contributed by atoms with van der Waals surface area (Å²) in [4.78, 5) is 22.9. The zero-order valence-electron chi connectivity index (χ0n) is 18.5. The van der Waals surface area contributed by atoms with Gasteiger partial charge >= 0.3 is 0 Å². The molecule has 33 heavy (non-hydrogen) atoms. The fourth-order valence-electron chi connectivity index (χ4n) is 3.68. The lowest BCUT2D eigenvalue weighted by molar-refractivity contribution is 0.540. The minimum absolute atomic E-state index is 0.0378. The Kier molecular flexibility index (Phi) is 5.84. The number of fused-ring (bicyclic) bond motifs is 1. The molecular formula is C27H23N3O2S. The summed E-state index contributed by atoms with van der Waals surface area (Å²) >= 11 is 1.50. The van der Waals surface area contributed by atoms with Gasteiger partial charge in [-0.1, -0.05) is 71.9 Å². The maximum Gasteiger partial charge on any atom is 0.262 e. The zero-order chi connectivity index (χ0) is 22.8. The molecular weight excluding hydrogens is 430 g/mol. The first-order valence-electron chi connectivity index (χ1n) is 10.8. The molecule has 5 nitrogen and oxygen atoms in total. The molecule has 0 spiro atoms. The summed E-state index contributed by atoms with van der Waals surface area (Å²) in [7, 11) is 0. The van der Waals surface area contributed by atoms with Crippen LogP contribution < -0.4 is 5.56 Å². The Bertz CT molecular complexity index is 1470. The molecule has 0 atom stereocenters. The number of aromatic nitrogens is 3. The van der Waals surface area contributed by atoms with Crippen molar-refractivity contribution in [1.82, 2.24) is 14.5 Å². The second kappa shape index (κ2) is 9.08. The summed E-state index contributed by atoms with van der Waals surface area (Å²) in [5.41, 5.74) is 4.71. The van der Waals surface area contributed by atoms with Crippen LogP contribution in [0.4, 0.5) is 0 Å². The molecule has 0 saturated heterocycles. The van der Waals surface area contributed by atoms with Crippen LogP contribution in [0.5, 0.6) is 0 Å². The topological polar surface area (TPSA) is 60.9 Å². The predicted molar refractivity (Wildman–Crippen MR) is 133 cm³/mol. The van der Waals surface area contributed by atoms with Gasteiger partial charge in [0.25, 0.3) is 5.56 Å². The smallest absolute Gasteiger partial charge is 0.262 e. The number of aryl methyl sites for hydroxylation is 2. The van der Waals surface area contributed by atoms with Crippen LogP contribution >= 0.6 is 11.8 Å². The van der Waals surface area contributed by atoms with Crippen molar-refractivity contribution in [3.8, 4) is 11.5 Å². The number of benzene rings is 3. The second-order valence-electron chi connectivity index (χ2n) is 7.97. The van der Waals surface area contributed by atoms with Gasteiger partial charge in [0, 0.05) is 11.3 Å². The van der Waals surface area contributed by atoms with Crippen LogP contribution in [0.1, 0.15) is 22.6 Å². The van der Waals surface area contributed by atoms with Crippen LogP contribution in [0.25, 0.3) is 22.4 Å². The highest BCUT2D eigenvalue weighted by atomic mass is 32.2. The van der Waals surface area contributed by atoms with E-state index >= 15 is 0 Å². The number of oxazole rings is 1. The highest BCUT2D eigenvalue weighted by Gasteiger charge is 2.16. The number of hydrogen-bond acceptors (Lipinski definition) is 5. The molecule has 0 saturated carbocycles. The molecule has 2 aromatic heterocycles. The van der Waals surface area contributed by atoms with Gasteiger partial charge in [-0.05, 0) is 43.7 Å². The van der Waals surface area contributed by atoms with Crippen LogP contribution in [0, 0.1) is 13.8 Å². The average molecular weight is 454 g/mol. The van der Waals surface area contributed by atoms with Crippen molar-refractivity contribution in [2.75, 3.05) is 0 Å². The first-order valence-corrected chi connectivity index (χ1v) is 11.8. The van der Waals surface area contributed by atoms with Gasteiger partial charge < -0.3 is 4.42 Å². The number of rotatable bonds is 6. The van der Waals surface area contributed by atoms with E-state index in [-0.39, 0.29) is 5.56 Å². The molecule has 5 rings (SSSR count). The van der Waals surface area contributed by atoms with Crippen molar-refractivity contribution in [3.63, 3.8) is 0 Å². The Labute approximate surface area is 196 Å². The first kappa shape index (κ1) is 21.2. The van der Waals surface area contributed by atoms with E-state index in [0.717, 1.165) is 22.6 Å². The fraction of sp³-hybridized carbons (Fsp3) is 0.148. The Morgan fingerprint density at radius 2 is 1.61 bits per heavy atom. The molecule has 5 aromatic rings. The van der Waals surface area contributed by atoms with E-state index in [2.05, 4.69) is 6.92 Å². The number of nitrogens with zero attached hydrogens (tertiary/aromatic N) is 3. The van der Waals surface area contributed by atoms with E-state index in [0.29, 0.717) is 34.2 Å². The molecule has 0 fully saturated rings. The molecule has 0 aliphatic heterocycles. The lowest BCUT2D eigenvalue weighted by Gasteiger charge is -2.13. The molecule has 0 aliphatic rings. The van der Waals surface area contributed by atoms with Crippen LogP contribution in [-0.2, 0) is 12.3 Å². The lowest BCUT2D eigenvalue weighted by Crippen LogP contribution is -2.24. The molecule has 0 unspecified atom stereocenters. The Morgan fingerprint density at radius 3 is 2.39 bits per heavy atom. The van der Waals surface area contributed by atoms with Gasteiger partial charge in [0.15, 0.2) is 5.16 Å². The molecule has 0 amide bonds. The van der Waals surface area contributed by atoms with Gasteiger partial charge in [0.1, 0.15) is 5.76 Å². The molecule has 0 aliphatic carbocycles. The molecule has 3 aromatic carbocycles. The largest absolute Gasteiger partial charge is 0.441 e. The summed E-state index contributed by atoms with van der Waals surface area (Å²) in [5, 5.41) is 1.29. The average Bonchev–Trinajstić information content (AvgIpc) is 3.21. The predicted octanol–water partition coefficient (Wildman–Crippen LogP) is 6.01. The molecule has 0 N–H and O–H groups in total. The molecule has 164 valence electrons. The molecule has 0 bridgehead atoms. The maximum absolute atomic E-state index is 13.3. The van der Waals surface area contributed by atoms with Crippen molar-refractivity contribution < 1.29 is 4.42 Å². The minimum atomic E-state index is -0.0378. The van der Waals surface area contributed by atoms with Crippen LogP contribution in [0.2, 0.25) is 0 Å². The van der Waals surface area contributed by atoms with Crippen LogP contribution in [0.15, 0.2) is 93.2 Å². The van der Waals surface area contributed by atoms with Gasteiger partial charge in [-0.3, -0.25) is 9.36 Å². The maximum atomic E-state index is 13.3. The van der Waals surface area contributed by atoms with E-state index in [1.165, 1.54) is 17.3 Å². The summed E-state index contributed by atoms with van der Waals surface area (Å²) < 4.78 is 7.68. The lowest BCUT2D eigenvalue weighted by atomic mass is 10.1. The summed E-state index contributed by atoms with van der Waals surface area (Å²) in [6.07, 6.45) is 0. The highest BCUT2D eigenvalue weighted by Crippen LogP contribution is 2.27. The van der Waals surface area contributed by atoms with E-state index in [4.69, 9.17) is 14.4 Å². The van der Waals surface area contributed by atoms with Gasteiger partial charge in [-0.2, -0.15) is 0 Å². The van der Waals surface area contributed by atoms with Crippen molar-refractivity contribution in [2.24, 2.45) is 0 Å². The third kappa shape index (κ3) is 4.47. The second-order valence-corrected chi connectivity index (χ2v) is 8.91. The monoisotopic (exact) mass is 453 g/mol. The van der Waals surface area contributed by atoms with E-state index in [1.807, 2.05) is 85.8 Å². The van der Waals surface area contributed by atoms with Gasteiger partial charge in [0.05, 0.1) is 23.1 Å². The van der Waals surface area contributed by atoms with Gasteiger partial charge in [0.2, 0.25) is 5.89 Å². The van der Waals surface area contributed by atoms with Crippen molar-refractivity contribution in [2.45, 2.75) is 31.3 Å². The third-order valence-electron chi connectivity index (χ3n) is 5.54. The van der Waals surface area contributed by atoms with E-state index in [9.17, 15) is 4.79 Å². The SMILES string of the molecule is Cc1ccc(-c2nc(CSc3nc4ccccc4c(=O)n3Cc3ccccc3)c(C)o2)cc1. The standard InChI is InChI=1S/C27H23N3O2S/c1-18-12-14-21(15-13-18)25-28-24(19(2)32-25)17-33-27-29-23-11-7-6-10-22(23)26(31)30(27)16-20-8-4-3-5-9-20/h3-15H,16-17H2,1-2H3. The minimum Gasteiger partial charge on any atom is -0.441 e. The Hall–Kier alpha value is -3.64. The van der Waals surface area contributed by atoms with Crippen molar-refractivity contribution >= 4 is 22.7 Å². The van der Waals surface area contributed by atoms with Crippen molar-refractivity contribution in [3.05, 3.63) is 112 Å². The zero-order valence-corrected chi connectivity index (χ0v) is 19.3. The number of para-hydroxylation sites is 1. The van der Waals surface area contributed by atoms with Gasteiger partial charge in [-0.15, -0.1) is 0 Å². The summed E-state index contributed by atoms with van der Waals surface area (Å²) in [5.74, 6) is 1.94. The molecule has 0 radical (unpaired) electrons. The summed E-state index contributed by atoms with van der Waals surface area (Å²) in [6.45, 7) is 4.44. The number of hydrogen-bond donors (Lipinski definition) is 0. The Morgan fingerprint density at radius 1 is 0.879 bits per heavy atom. The van der Waals surface area contributed by atoms with Crippen LogP contribution in [-0.4, -0.2) is 14.5 Å². The van der Waals surface area contributed by atoms with Crippen LogP contribution in [0.3, 0.4) is 0 Å². The summed E-state index contributed by atoms with van der Waals surface area (Å²) in [6, 6.07) is 25.6. The molecule has 6 heteroatoms. The highest BCUT2D eigenvalue weighted by molar-refractivity contribution is 7.98. The number of thioether (sulfide) groups is 1. The van der Waals surface area contributed by atoms with Crippen molar-refractivity contribution in [1.29, 1.82) is 0 Å². The van der Waals surface area contributed by atoms with E-state index in [1.54, 1.807) is 4.57 Å². The fourth-order valence-corrected chi connectivity index (χ4v) is 4.68. The Balaban J connectivity index is 1.48.